The van der Waals surface area contributed by atoms with E-state index < -0.39 is 6.04 Å². The van der Waals surface area contributed by atoms with Gasteiger partial charge in [-0.15, -0.1) is 0 Å². The number of aliphatic hydroxyl groups is 1. The summed E-state index contributed by atoms with van der Waals surface area (Å²) in [5, 5.41) is 13.2. The van der Waals surface area contributed by atoms with E-state index in [1.165, 1.54) is 6.26 Å². The van der Waals surface area contributed by atoms with Crippen LogP contribution in [0.1, 0.15) is 22.3 Å². The van der Waals surface area contributed by atoms with Crippen LogP contribution in [-0.2, 0) is 7.05 Å². The predicted molar refractivity (Wildman–Crippen MR) is 78.9 cm³/mol. The number of furan rings is 1. The second kappa shape index (κ2) is 5.46. The second-order valence-electron chi connectivity index (χ2n) is 4.87. The van der Waals surface area contributed by atoms with Crippen molar-refractivity contribution in [3.05, 3.63) is 60.2 Å². The van der Waals surface area contributed by atoms with Crippen molar-refractivity contribution in [2.45, 2.75) is 6.04 Å². The molecular weight excluding hydrogens is 268 g/mol. The number of carbonyl (C=O) groups is 1. The van der Waals surface area contributed by atoms with Gasteiger partial charge in [0.15, 0.2) is 0 Å². The minimum Gasteiger partial charge on any atom is -0.467 e. The van der Waals surface area contributed by atoms with Gasteiger partial charge < -0.3 is 19.4 Å². The number of rotatable bonds is 4. The molecule has 1 unspecified atom stereocenters. The Bertz CT molecular complexity index is 759. The van der Waals surface area contributed by atoms with Gasteiger partial charge in [0.1, 0.15) is 17.5 Å². The fourth-order valence-corrected chi connectivity index (χ4v) is 2.44. The van der Waals surface area contributed by atoms with Crippen molar-refractivity contribution in [2.75, 3.05) is 6.61 Å². The molecule has 0 bridgehead atoms. The molecule has 2 heterocycles. The molecule has 0 radical (unpaired) electrons. The summed E-state index contributed by atoms with van der Waals surface area (Å²) >= 11 is 0. The third-order valence-electron chi connectivity index (χ3n) is 3.56. The highest BCUT2D eigenvalue weighted by Gasteiger charge is 2.19. The molecule has 108 valence electrons. The quantitative estimate of drug-likeness (QED) is 0.772. The molecule has 5 heteroatoms. The Balaban J connectivity index is 1.88. The third kappa shape index (κ3) is 2.43. The minimum absolute atomic E-state index is 0.219. The molecule has 3 rings (SSSR count). The molecule has 0 spiro atoms. The summed E-state index contributed by atoms with van der Waals surface area (Å²) in [4.78, 5) is 12.4. The monoisotopic (exact) mass is 284 g/mol. The van der Waals surface area contributed by atoms with Gasteiger partial charge in [0.2, 0.25) is 0 Å². The van der Waals surface area contributed by atoms with Gasteiger partial charge in [-0.1, -0.05) is 18.2 Å². The van der Waals surface area contributed by atoms with E-state index >= 15 is 0 Å². The molecule has 0 aliphatic rings. The van der Waals surface area contributed by atoms with Gasteiger partial charge in [0, 0.05) is 18.0 Å². The molecule has 2 N–H and O–H groups in total. The summed E-state index contributed by atoms with van der Waals surface area (Å²) in [6.07, 6.45) is 1.51. The number of carbonyl (C=O) groups excluding carboxylic acids is 1. The number of fused-ring (bicyclic) bond motifs is 1. The maximum absolute atomic E-state index is 12.4. The van der Waals surface area contributed by atoms with Crippen molar-refractivity contribution in [1.82, 2.24) is 9.88 Å². The zero-order chi connectivity index (χ0) is 14.8. The zero-order valence-corrected chi connectivity index (χ0v) is 11.6. The van der Waals surface area contributed by atoms with E-state index in [-0.39, 0.29) is 12.5 Å². The van der Waals surface area contributed by atoms with E-state index in [0.29, 0.717) is 11.5 Å². The number of para-hydroxylation sites is 1. The lowest BCUT2D eigenvalue weighted by atomic mass is 10.2. The van der Waals surface area contributed by atoms with Gasteiger partial charge in [0.05, 0.1) is 12.9 Å². The Hall–Kier alpha value is -2.53. The van der Waals surface area contributed by atoms with Crippen molar-refractivity contribution >= 4 is 16.8 Å². The van der Waals surface area contributed by atoms with Gasteiger partial charge in [-0.25, -0.2) is 0 Å². The summed E-state index contributed by atoms with van der Waals surface area (Å²) in [6, 6.07) is 12.5. The molecule has 0 aliphatic heterocycles. The van der Waals surface area contributed by atoms with Crippen LogP contribution < -0.4 is 5.32 Å². The molecular formula is C16H16N2O3. The molecule has 1 amide bonds. The number of hydrogen-bond donors (Lipinski definition) is 2. The first-order valence-corrected chi connectivity index (χ1v) is 6.70. The maximum atomic E-state index is 12.4. The van der Waals surface area contributed by atoms with Crippen LogP contribution in [0.15, 0.2) is 53.1 Å². The van der Waals surface area contributed by atoms with Crippen molar-refractivity contribution < 1.29 is 14.3 Å². The second-order valence-corrected chi connectivity index (χ2v) is 4.87. The van der Waals surface area contributed by atoms with Gasteiger partial charge in [-0.05, 0) is 24.3 Å². The van der Waals surface area contributed by atoms with Crippen molar-refractivity contribution in [1.29, 1.82) is 0 Å². The Morgan fingerprint density at radius 2 is 2.14 bits per heavy atom. The number of hydrogen-bond acceptors (Lipinski definition) is 3. The Labute approximate surface area is 121 Å². The van der Waals surface area contributed by atoms with Crippen LogP contribution in [0.2, 0.25) is 0 Å². The van der Waals surface area contributed by atoms with Gasteiger partial charge in [-0.3, -0.25) is 4.79 Å². The van der Waals surface area contributed by atoms with Crippen LogP contribution >= 0.6 is 0 Å². The summed E-state index contributed by atoms with van der Waals surface area (Å²) in [5.41, 5.74) is 1.53. The summed E-state index contributed by atoms with van der Waals surface area (Å²) in [6.45, 7) is -0.219. The first-order chi connectivity index (χ1) is 10.2. The number of nitrogens with zero attached hydrogens (tertiary/aromatic N) is 1. The van der Waals surface area contributed by atoms with Crippen molar-refractivity contribution in [3.8, 4) is 0 Å². The van der Waals surface area contributed by atoms with E-state index in [1.807, 2.05) is 41.9 Å². The van der Waals surface area contributed by atoms with Gasteiger partial charge in [-0.2, -0.15) is 0 Å². The van der Waals surface area contributed by atoms with Crippen LogP contribution in [0, 0.1) is 0 Å². The van der Waals surface area contributed by atoms with Crippen LogP contribution in [0.3, 0.4) is 0 Å². The third-order valence-corrected chi connectivity index (χ3v) is 3.56. The standard InChI is InChI=1S/C16H16N2O3/c1-18-13-6-3-2-5-11(13)9-14(18)16(20)17-12(10-19)15-7-4-8-21-15/h2-9,12,19H,10H2,1H3,(H,17,20). The first kappa shape index (κ1) is 13.5. The topological polar surface area (TPSA) is 67.4 Å². The van der Waals surface area contributed by atoms with E-state index in [9.17, 15) is 9.90 Å². The molecule has 21 heavy (non-hydrogen) atoms. The zero-order valence-electron chi connectivity index (χ0n) is 11.6. The Kier molecular flexibility index (Phi) is 3.50. The summed E-state index contributed by atoms with van der Waals surface area (Å²) < 4.78 is 7.07. The van der Waals surface area contributed by atoms with Crippen molar-refractivity contribution in [2.24, 2.45) is 7.05 Å². The number of aliphatic hydroxyl groups excluding tert-OH is 1. The van der Waals surface area contributed by atoms with Gasteiger partial charge in [0.25, 0.3) is 5.91 Å². The summed E-state index contributed by atoms with van der Waals surface area (Å²) in [5.74, 6) is 0.286. The smallest absolute Gasteiger partial charge is 0.268 e. The van der Waals surface area contributed by atoms with Crippen molar-refractivity contribution in [3.63, 3.8) is 0 Å². The van der Waals surface area contributed by atoms with Crippen LogP contribution in [0.25, 0.3) is 10.9 Å². The average molecular weight is 284 g/mol. The molecule has 0 saturated carbocycles. The van der Waals surface area contributed by atoms with E-state index in [0.717, 1.165) is 10.9 Å². The van der Waals surface area contributed by atoms with E-state index in [4.69, 9.17) is 4.42 Å². The number of benzene rings is 1. The molecule has 0 aliphatic carbocycles. The molecule has 1 aromatic carbocycles. The van der Waals surface area contributed by atoms with Crippen LogP contribution in [0.5, 0.6) is 0 Å². The lowest BCUT2D eigenvalue weighted by Gasteiger charge is -2.14. The lowest BCUT2D eigenvalue weighted by Crippen LogP contribution is -2.31. The molecule has 2 aromatic heterocycles. The highest BCUT2D eigenvalue weighted by atomic mass is 16.3. The Morgan fingerprint density at radius 3 is 2.81 bits per heavy atom. The number of nitrogens with one attached hydrogen (secondary N) is 1. The molecule has 0 fully saturated rings. The Morgan fingerprint density at radius 1 is 1.33 bits per heavy atom. The number of aromatic nitrogens is 1. The minimum atomic E-state index is -0.550. The fourth-order valence-electron chi connectivity index (χ4n) is 2.44. The highest BCUT2D eigenvalue weighted by molar-refractivity contribution is 5.98. The van der Waals surface area contributed by atoms with E-state index in [2.05, 4.69) is 5.32 Å². The SMILES string of the molecule is Cn1c(C(=O)NC(CO)c2ccco2)cc2ccccc21. The maximum Gasteiger partial charge on any atom is 0.268 e. The van der Waals surface area contributed by atoms with Gasteiger partial charge >= 0.3 is 0 Å². The largest absolute Gasteiger partial charge is 0.467 e. The predicted octanol–water partition coefficient (Wildman–Crippen LogP) is 2.23. The number of amides is 1. The summed E-state index contributed by atoms with van der Waals surface area (Å²) in [7, 11) is 1.85. The molecule has 0 saturated heterocycles. The molecule has 3 aromatic rings. The van der Waals surface area contributed by atoms with Crippen LogP contribution in [0.4, 0.5) is 0 Å². The first-order valence-electron chi connectivity index (χ1n) is 6.70. The molecule has 1 atom stereocenters. The lowest BCUT2D eigenvalue weighted by molar-refractivity contribution is 0.0899. The average Bonchev–Trinajstić information content (AvgIpc) is 3.13. The highest BCUT2D eigenvalue weighted by Crippen LogP contribution is 2.19. The number of aryl methyl sites for hydroxylation is 1. The fraction of sp³-hybridized carbons (Fsp3) is 0.188. The van der Waals surface area contributed by atoms with E-state index in [1.54, 1.807) is 12.1 Å². The normalized spacial score (nSPS) is 12.5. The molecule has 5 nitrogen and oxygen atoms in total. The van der Waals surface area contributed by atoms with Crippen LogP contribution in [-0.4, -0.2) is 22.2 Å².